The van der Waals surface area contributed by atoms with Gasteiger partial charge in [0, 0.05) is 25.8 Å². The van der Waals surface area contributed by atoms with E-state index in [1.807, 2.05) is 29.9 Å². The van der Waals surface area contributed by atoms with Crippen molar-refractivity contribution in [2.75, 3.05) is 19.7 Å². The van der Waals surface area contributed by atoms with Crippen molar-refractivity contribution in [1.29, 1.82) is 0 Å². The summed E-state index contributed by atoms with van der Waals surface area (Å²) >= 11 is 0. The molecule has 2 unspecified atom stereocenters. The van der Waals surface area contributed by atoms with Crippen LogP contribution in [0.1, 0.15) is 29.8 Å². The molecule has 3 rings (SSSR count). The van der Waals surface area contributed by atoms with Gasteiger partial charge in [0.25, 0.3) is 0 Å². The van der Waals surface area contributed by atoms with Crippen molar-refractivity contribution < 1.29 is 9.53 Å². The van der Waals surface area contributed by atoms with E-state index in [0.717, 1.165) is 25.3 Å². The van der Waals surface area contributed by atoms with Gasteiger partial charge in [-0.15, -0.1) is 0 Å². The van der Waals surface area contributed by atoms with Gasteiger partial charge in [0.05, 0.1) is 24.9 Å². The predicted molar refractivity (Wildman–Crippen MR) is 68.7 cm³/mol. The molecule has 1 aliphatic carbocycles. The van der Waals surface area contributed by atoms with Crippen molar-refractivity contribution in [2.24, 2.45) is 7.05 Å². The molecule has 4 heteroatoms. The Kier molecular flexibility index (Phi) is 3.22. The van der Waals surface area contributed by atoms with Gasteiger partial charge in [-0.1, -0.05) is 0 Å². The highest BCUT2D eigenvalue weighted by atomic mass is 16.5. The zero-order valence-corrected chi connectivity index (χ0v) is 10.8. The summed E-state index contributed by atoms with van der Waals surface area (Å²) < 4.78 is 7.67. The quantitative estimate of drug-likeness (QED) is 0.760. The second-order valence-corrected chi connectivity index (χ2v) is 5.31. The summed E-state index contributed by atoms with van der Waals surface area (Å²) in [7, 11) is 1.92. The number of Topliss-reactive ketones (excluding diaryl/α,β-unsaturated/α-hetero) is 1. The van der Waals surface area contributed by atoms with Crippen LogP contribution in [-0.2, 0) is 11.8 Å². The van der Waals surface area contributed by atoms with Gasteiger partial charge in [0.1, 0.15) is 0 Å². The zero-order chi connectivity index (χ0) is 12.5. The number of morpholine rings is 1. The van der Waals surface area contributed by atoms with E-state index in [2.05, 4.69) is 4.90 Å². The number of carbonyl (C=O) groups excluding carboxylic acids is 1. The first kappa shape index (κ1) is 11.9. The lowest BCUT2D eigenvalue weighted by molar-refractivity contribution is -0.0522. The van der Waals surface area contributed by atoms with Gasteiger partial charge in [0.15, 0.2) is 5.78 Å². The van der Waals surface area contributed by atoms with Gasteiger partial charge in [-0.2, -0.15) is 0 Å². The highest BCUT2D eigenvalue weighted by Gasteiger charge is 2.36. The Morgan fingerprint density at radius 3 is 3.17 bits per heavy atom. The van der Waals surface area contributed by atoms with E-state index in [1.165, 1.54) is 12.8 Å². The fourth-order valence-electron chi connectivity index (χ4n) is 3.22. The van der Waals surface area contributed by atoms with Crippen LogP contribution in [0.5, 0.6) is 0 Å². The number of fused-ring (bicyclic) bond motifs is 1. The lowest BCUT2D eigenvalue weighted by atomic mass is 10.1. The molecule has 2 fully saturated rings. The van der Waals surface area contributed by atoms with Crippen LogP contribution in [-0.4, -0.2) is 47.1 Å². The van der Waals surface area contributed by atoms with Crippen molar-refractivity contribution in [3.8, 4) is 0 Å². The maximum Gasteiger partial charge on any atom is 0.193 e. The number of carbonyl (C=O) groups is 1. The van der Waals surface area contributed by atoms with E-state index in [9.17, 15) is 4.79 Å². The van der Waals surface area contributed by atoms with Crippen LogP contribution in [0.2, 0.25) is 0 Å². The van der Waals surface area contributed by atoms with Gasteiger partial charge in [0.2, 0.25) is 0 Å². The normalized spacial score (nSPS) is 28.3. The van der Waals surface area contributed by atoms with Gasteiger partial charge < -0.3 is 9.30 Å². The number of hydrogen-bond acceptors (Lipinski definition) is 3. The lowest BCUT2D eigenvalue weighted by Crippen LogP contribution is -2.50. The van der Waals surface area contributed by atoms with E-state index in [4.69, 9.17) is 4.74 Å². The van der Waals surface area contributed by atoms with Crippen LogP contribution in [0.4, 0.5) is 0 Å². The molecule has 2 heterocycles. The van der Waals surface area contributed by atoms with E-state index in [-0.39, 0.29) is 5.78 Å². The van der Waals surface area contributed by atoms with Gasteiger partial charge in [-0.3, -0.25) is 9.69 Å². The second kappa shape index (κ2) is 4.86. The Morgan fingerprint density at radius 2 is 2.39 bits per heavy atom. The highest BCUT2D eigenvalue weighted by Crippen LogP contribution is 2.29. The third-order valence-corrected chi connectivity index (χ3v) is 4.17. The third kappa shape index (κ3) is 2.10. The van der Waals surface area contributed by atoms with Crippen molar-refractivity contribution in [3.63, 3.8) is 0 Å². The van der Waals surface area contributed by atoms with Crippen LogP contribution in [0, 0.1) is 0 Å². The number of ether oxygens (including phenoxy) is 1. The first-order valence-corrected chi connectivity index (χ1v) is 6.76. The number of nitrogens with zero attached hydrogens (tertiary/aromatic N) is 2. The number of hydrogen-bond donors (Lipinski definition) is 0. The maximum atomic E-state index is 12.3. The standard InChI is InChI=1S/C14H20N2O2/c1-15-7-3-5-11(15)13(17)10-16-8-9-18-14-6-2-4-12(14)16/h3,5,7,12,14H,2,4,6,8-10H2,1H3. The Labute approximate surface area is 108 Å². The molecular formula is C14H20N2O2. The average molecular weight is 248 g/mol. The Morgan fingerprint density at radius 1 is 1.50 bits per heavy atom. The Balaban J connectivity index is 1.69. The molecule has 2 atom stereocenters. The monoisotopic (exact) mass is 248 g/mol. The minimum atomic E-state index is 0.218. The molecule has 1 aliphatic heterocycles. The van der Waals surface area contributed by atoms with Crippen LogP contribution in [0.3, 0.4) is 0 Å². The second-order valence-electron chi connectivity index (χ2n) is 5.31. The van der Waals surface area contributed by atoms with E-state index < -0.39 is 0 Å². The largest absolute Gasteiger partial charge is 0.375 e. The van der Waals surface area contributed by atoms with Crippen LogP contribution >= 0.6 is 0 Å². The minimum absolute atomic E-state index is 0.218. The average Bonchev–Trinajstić information content (AvgIpc) is 2.97. The van der Waals surface area contributed by atoms with Gasteiger partial charge in [-0.05, 0) is 31.4 Å². The molecular weight excluding hydrogens is 228 g/mol. The molecule has 0 N–H and O–H groups in total. The third-order valence-electron chi connectivity index (χ3n) is 4.17. The Hall–Kier alpha value is -1.13. The van der Waals surface area contributed by atoms with Crippen LogP contribution in [0.15, 0.2) is 18.3 Å². The van der Waals surface area contributed by atoms with Crippen LogP contribution < -0.4 is 0 Å². The predicted octanol–water partition coefficient (Wildman–Crippen LogP) is 1.46. The zero-order valence-electron chi connectivity index (χ0n) is 10.8. The molecule has 0 bridgehead atoms. The topological polar surface area (TPSA) is 34.5 Å². The summed E-state index contributed by atoms with van der Waals surface area (Å²) in [5.41, 5.74) is 0.802. The summed E-state index contributed by atoms with van der Waals surface area (Å²) in [5.74, 6) is 0.218. The summed E-state index contributed by atoms with van der Waals surface area (Å²) in [4.78, 5) is 14.6. The number of aryl methyl sites for hydroxylation is 1. The molecule has 1 saturated carbocycles. The molecule has 4 nitrogen and oxygen atoms in total. The highest BCUT2D eigenvalue weighted by molar-refractivity contribution is 5.96. The summed E-state index contributed by atoms with van der Waals surface area (Å²) in [6.45, 7) is 2.18. The minimum Gasteiger partial charge on any atom is -0.375 e. The molecule has 0 aromatic carbocycles. The molecule has 98 valence electrons. The van der Waals surface area contributed by atoms with Gasteiger partial charge in [-0.25, -0.2) is 0 Å². The SMILES string of the molecule is Cn1cccc1C(=O)CN1CCOC2CCCC21. The van der Waals surface area contributed by atoms with Crippen molar-refractivity contribution in [2.45, 2.75) is 31.4 Å². The van der Waals surface area contributed by atoms with Gasteiger partial charge >= 0.3 is 0 Å². The number of ketones is 1. The van der Waals surface area contributed by atoms with E-state index in [0.29, 0.717) is 18.7 Å². The Bertz CT molecular complexity index is 441. The lowest BCUT2D eigenvalue weighted by Gasteiger charge is -2.37. The summed E-state index contributed by atoms with van der Waals surface area (Å²) in [6, 6.07) is 4.28. The molecule has 1 aromatic rings. The molecule has 1 saturated heterocycles. The first-order valence-electron chi connectivity index (χ1n) is 6.76. The van der Waals surface area contributed by atoms with E-state index in [1.54, 1.807) is 0 Å². The molecule has 0 amide bonds. The smallest absolute Gasteiger partial charge is 0.193 e. The first-order chi connectivity index (χ1) is 8.75. The van der Waals surface area contributed by atoms with E-state index >= 15 is 0 Å². The molecule has 18 heavy (non-hydrogen) atoms. The number of rotatable bonds is 3. The molecule has 2 aliphatic rings. The maximum absolute atomic E-state index is 12.3. The van der Waals surface area contributed by atoms with Crippen molar-refractivity contribution in [3.05, 3.63) is 24.0 Å². The fraction of sp³-hybridized carbons (Fsp3) is 0.643. The number of aromatic nitrogens is 1. The van der Waals surface area contributed by atoms with Crippen molar-refractivity contribution in [1.82, 2.24) is 9.47 Å². The molecule has 1 aromatic heterocycles. The summed E-state index contributed by atoms with van der Waals surface area (Å²) in [5, 5.41) is 0. The fourth-order valence-corrected chi connectivity index (χ4v) is 3.22. The molecule has 0 radical (unpaired) electrons. The van der Waals surface area contributed by atoms with Crippen molar-refractivity contribution >= 4 is 5.78 Å². The summed E-state index contributed by atoms with van der Waals surface area (Å²) in [6.07, 6.45) is 5.83. The van der Waals surface area contributed by atoms with Crippen LogP contribution in [0.25, 0.3) is 0 Å². The molecule has 0 spiro atoms.